The third kappa shape index (κ3) is 3.29. The molecule has 1 aliphatic rings. The lowest BCUT2D eigenvalue weighted by atomic mass is 10.0. The first kappa shape index (κ1) is 19.2. The van der Waals surface area contributed by atoms with Crippen molar-refractivity contribution >= 4 is 34.5 Å². The molecular formula is C23H22N2O3S. The highest BCUT2D eigenvalue weighted by Crippen LogP contribution is 2.40. The number of amides is 2. The van der Waals surface area contributed by atoms with E-state index in [0.29, 0.717) is 11.4 Å². The van der Waals surface area contributed by atoms with Crippen molar-refractivity contribution in [1.82, 2.24) is 0 Å². The van der Waals surface area contributed by atoms with E-state index in [2.05, 4.69) is 0 Å². The molecule has 6 heteroatoms. The molecule has 1 fully saturated rings. The zero-order chi connectivity index (χ0) is 20.5. The van der Waals surface area contributed by atoms with E-state index in [-0.39, 0.29) is 18.4 Å². The minimum Gasteiger partial charge on any atom is -0.495 e. The van der Waals surface area contributed by atoms with E-state index < -0.39 is 6.04 Å². The number of ether oxygens (including phenoxy) is 1. The molecule has 0 aliphatic carbocycles. The predicted octanol–water partition coefficient (Wildman–Crippen LogP) is 4.49. The fourth-order valence-corrected chi connectivity index (χ4v) is 4.53. The van der Waals surface area contributed by atoms with Crippen LogP contribution in [-0.4, -0.2) is 25.5 Å². The molecule has 0 radical (unpaired) electrons. The average molecular weight is 407 g/mol. The number of para-hydroxylation sites is 2. The number of rotatable bonds is 4. The Morgan fingerprint density at radius 3 is 2.45 bits per heavy atom. The molecule has 3 aromatic rings. The van der Waals surface area contributed by atoms with Gasteiger partial charge in [-0.2, -0.15) is 0 Å². The van der Waals surface area contributed by atoms with E-state index in [0.717, 1.165) is 21.7 Å². The highest BCUT2D eigenvalue weighted by Gasteiger charge is 2.43. The molecule has 1 aliphatic heterocycles. The number of anilines is 2. The summed E-state index contributed by atoms with van der Waals surface area (Å²) >= 11 is 1.47. The topological polar surface area (TPSA) is 49.9 Å². The molecule has 0 unspecified atom stereocenters. The summed E-state index contributed by atoms with van der Waals surface area (Å²) in [5.74, 6) is 0.301. The molecule has 1 saturated heterocycles. The lowest BCUT2D eigenvalue weighted by Gasteiger charge is -2.40. The summed E-state index contributed by atoms with van der Waals surface area (Å²) in [4.78, 5) is 31.1. The standard InChI is InChI=1S/C23H22N2O3S/c1-15-8-6-10-17(16(15)2)24-14-21(26)25(18-9-4-5-11-19(18)28-3)22(23(24)27)20-12-7-13-29-20/h4-13,22H,14H2,1-3H3/t22-/m1/s1. The number of hydrogen-bond acceptors (Lipinski definition) is 4. The van der Waals surface area contributed by atoms with Crippen LogP contribution >= 0.6 is 11.3 Å². The van der Waals surface area contributed by atoms with Crippen LogP contribution in [0.2, 0.25) is 0 Å². The molecule has 5 nitrogen and oxygen atoms in total. The van der Waals surface area contributed by atoms with Crippen molar-refractivity contribution in [1.29, 1.82) is 0 Å². The van der Waals surface area contributed by atoms with E-state index in [1.54, 1.807) is 23.0 Å². The summed E-state index contributed by atoms with van der Waals surface area (Å²) < 4.78 is 5.48. The van der Waals surface area contributed by atoms with E-state index in [1.165, 1.54) is 11.3 Å². The maximum Gasteiger partial charge on any atom is 0.256 e. The van der Waals surface area contributed by atoms with Crippen molar-refractivity contribution in [3.63, 3.8) is 0 Å². The van der Waals surface area contributed by atoms with Gasteiger partial charge in [0.2, 0.25) is 5.91 Å². The van der Waals surface area contributed by atoms with Crippen LogP contribution in [0.1, 0.15) is 22.0 Å². The quantitative estimate of drug-likeness (QED) is 0.641. The SMILES string of the molecule is COc1ccccc1N1C(=O)CN(c2cccc(C)c2C)C(=O)[C@H]1c1cccs1. The van der Waals surface area contributed by atoms with Gasteiger partial charge in [-0.25, -0.2) is 0 Å². The van der Waals surface area contributed by atoms with E-state index in [1.807, 2.05) is 67.8 Å². The number of hydrogen-bond donors (Lipinski definition) is 0. The Morgan fingerprint density at radius 2 is 1.72 bits per heavy atom. The van der Waals surface area contributed by atoms with Gasteiger partial charge in [-0.1, -0.05) is 30.3 Å². The number of benzene rings is 2. The molecule has 2 aromatic carbocycles. The Labute approximate surface area is 174 Å². The van der Waals surface area contributed by atoms with Gasteiger partial charge < -0.3 is 9.64 Å². The maximum absolute atomic E-state index is 13.7. The number of carbonyl (C=O) groups is 2. The van der Waals surface area contributed by atoms with Crippen molar-refractivity contribution < 1.29 is 14.3 Å². The molecule has 148 valence electrons. The summed E-state index contributed by atoms with van der Waals surface area (Å²) in [5.41, 5.74) is 3.48. The summed E-state index contributed by atoms with van der Waals surface area (Å²) in [6.45, 7) is 3.98. The molecule has 0 N–H and O–H groups in total. The molecule has 2 heterocycles. The van der Waals surface area contributed by atoms with Crippen LogP contribution in [0.5, 0.6) is 5.75 Å². The zero-order valence-electron chi connectivity index (χ0n) is 16.6. The highest BCUT2D eigenvalue weighted by molar-refractivity contribution is 7.10. The molecule has 1 atom stereocenters. The van der Waals surface area contributed by atoms with Gasteiger partial charge in [0.25, 0.3) is 5.91 Å². The minimum atomic E-state index is -0.729. The summed E-state index contributed by atoms with van der Waals surface area (Å²) in [6.07, 6.45) is 0. The van der Waals surface area contributed by atoms with Gasteiger partial charge in [-0.15, -0.1) is 11.3 Å². The Kier molecular flexibility index (Phi) is 5.11. The Morgan fingerprint density at radius 1 is 0.966 bits per heavy atom. The first-order chi connectivity index (χ1) is 14.0. The third-order valence-electron chi connectivity index (χ3n) is 5.34. The number of carbonyl (C=O) groups excluding carboxylic acids is 2. The van der Waals surface area contributed by atoms with Gasteiger partial charge in [0, 0.05) is 10.6 Å². The van der Waals surface area contributed by atoms with Gasteiger partial charge in [-0.3, -0.25) is 14.5 Å². The van der Waals surface area contributed by atoms with E-state index in [9.17, 15) is 9.59 Å². The monoisotopic (exact) mass is 406 g/mol. The maximum atomic E-state index is 13.7. The summed E-state index contributed by atoms with van der Waals surface area (Å²) in [6, 6.07) is 16.2. The number of piperazine rings is 1. The van der Waals surface area contributed by atoms with Crippen molar-refractivity contribution in [2.45, 2.75) is 19.9 Å². The van der Waals surface area contributed by atoms with Crippen molar-refractivity contribution in [3.05, 3.63) is 76.0 Å². The smallest absolute Gasteiger partial charge is 0.256 e. The summed E-state index contributed by atoms with van der Waals surface area (Å²) in [7, 11) is 1.57. The number of aryl methyl sites for hydroxylation is 1. The van der Waals surface area contributed by atoms with Crippen LogP contribution in [0.4, 0.5) is 11.4 Å². The number of methoxy groups -OCH3 is 1. The average Bonchev–Trinajstić information content (AvgIpc) is 3.26. The molecule has 0 saturated carbocycles. The lowest BCUT2D eigenvalue weighted by molar-refractivity contribution is -0.128. The van der Waals surface area contributed by atoms with Gasteiger partial charge in [-0.05, 0) is 54.6 Å². The van der Waals surface area contributed by atoms with Crippen molar-refractivity contribution in [3.8, 4) is 5.75 Å². The van der Waals surface area contributed by atoms with Crippen LogP contribution in [0.3, 0.4) is 0 Å². The Bertz CT molecular complexity index is 1060. The van der Waals surface area contributed by atoms with Gasteiger partial charge in [0.05, 0.1) is 12.8 Å². The molecule has 4 rings (SSSR count). The Hall–Kier alpha value is -3.12. The van der Waals surface area contributed by atoms with Gasteiger partial charge >= 0.3 is 0 Å². The minimum absolute atomic E-state index is 0.0109. The molecule has 1 aromatic heterocycles. The summed E-state index contributed by atoms with van der Waals surface area (Å²) in [5, 5.41) is 1.92. The first-order valence-electron chi connectivity index (χ1n) is 9.39. The lowest BCUT2D eigenvalue weighted by Crippen LogP contribution is -2.56. The Balaban J connectivity index is 1.84. The van der Waals surface area contributed by atoms with Crippen LogP contribution in [0.25, 0.3) is 0 Å². The fourth-order valence-electron chi connectivity index (χ4n) is 3.72. The number of thiophene rings is 1. The van der Waals surface area contributed by atoms with Gasteiger partial charge in [0.15, 0.2) is 6.04 Å². The highest BCUT2D eigenvalue weighted by atomic mass is 32.1. The van der Waals surface area contributed by atoms with Crippen molar-refractivity contribution in [2.75, 3.05) is 23.5 Å². The van der Waals surface area contributed by atoms with Crippen molar-refractivity contribution in [2.24, 2.45) is 0 Å². The molecule has 29 heavy (non-hydrogen) atoms. The molecule has 0 bridgehead atoms. The zero-order valence-corrected chi connectivity index (χ0v) is 17.4. The van der Waals surface area contributed by atoms with Crippen LogP contribution < -0.4 is 14.5 Å². The van der Waals surface area contributed by atoms with E-state index in [4.69, 9.17) is 4.74 Å². The van der Waals surface area contributed by atoms with Crippen LogP contribution in [-0.2, 0) is 9.59 Å². The second-order valence-corrected chi connectivity index (χ2v) is 7.98. The third-order valence-corrected chi connectivity index (χ3v) is 6.27. The molecule has 0 spiro atoms. The molecular weight excluding hydrogens is 384 g/mol. The fraction of sp³-hybridized carbons (Fsp3) is 0.217. The molecule has 2 amide bonds. The normalized spacial score (nSPS) is 17.0. The second kappa shape index (κ2) is 7.72. The largest absolute Gasteiger partial charge is 0.495 e. The first-order valence-corrected chi connectivity index (χ1v) is 10.3. The predicted molar refractivity (Wildman–Crippen MR) is 116 cm³/mol. The van der Waals surface area contributed by atoms with Crippen LogP contribution in [0.15, 0.2) is 60.0 Å². The second-order valence-electron chi connectivity index (χ2n) is 7.00. The van der Waals surface area contributed by atoms with Crippen LogP contribution in [0, 0.1) is 13.8 Å². The van der Waals surface area contributed by atoms with Gasteiger partial charge in [0.1, 0.15) is 12.3 Å². The number of nitrogens with zero attached hydrogens (tertiary/aromatic N) is 2. The van der Waals surface area contributed by atoms with E-state index >= 15 is 0 Å².